The third-order valence-electron chi connectivity index (χ3n) is 2.47. The highest BCUT2D eigenvalue weighted by Crippen LogP contribution is 2.20. The van der Waals surface area contributed by atoms with Gasteiger partial charge in [-0.3, -0.25) is 9.89 Å². The first-order valence-electron chi connectivity index (χ1n) is 5.41. The van der Waals surface area contributed by atoms with Crippen molar-refractivity contribution in [3.63, 3.8) is 0 Å². The van der Waals surface area contributed by atoms with Crippen LogP contribution in [0.4, 0.5) is 5.82 Å². The van der Waals surface area contributed by atoms with Gasteiger partial charge in [-0.15, -0.1) is 24.8 Å². The highest BCUT2D eigenvalue weighted by molar-refractivity contribution is 5.91. The molecule has 7 heteroatoms. The molecule has 1 heterocycles. The average molecular weight is 303 g/mol. The second-order valence-corrected chi connectivity index (χ2v) is 3.62. The Labute approximate surface area is 124 Å². The standard InChI is InChI=1S/C12H14N4O.2ClH/c1-2-12(17)16(13)11-8-10(14-15-11)9-6-4-3-5-7-9;;/h3-8H,2,13H2,1H3,(H,14,15);2*1H. The number of nitrogens with two attached hydrogens (primary N) is 1. The van der Waals surface area contributed by atoms with Gasteiger partial charge in [-0.1, -0.05) is 37.3 Å². The summed E-state index contributed by atoms with van der Waals surface area (Å²) >= 11 is 0. The first-order valence-corrected chi connectivity index (χ1v) is 5.41. The van der Waals surface area contributed by atoms with Crippen molar-refractivity contribution >= 4 is 36.5 Å². The Morgan fingerprint density at radius 1 is 1.32 bits per heavy atom. The number of hydrogen-bond donors (Lipinski definition) is 2. The molecule has 19 heavy (non-hydrogen) atoms. The lowest BCUT2D eigenvalue weighted by Gasteiger charge is -2.10. The van der Waals surface area contributed by atoms with Crippen LogP contribution in [0.2, 0.25) is 0 Å². The summed E-state index contributed by atoms with van der Waals surface area (Å²) in [5.74, 6) is 5.90. The van der Waals surface area contributed by atoms with Crippen LogP contribution in [0.1, 0.15) is 13.3 Å². The van der Waals surface area contributed by atoms with E-state index in [0.717, 1.165) is 16.3 Å². The van der Waals surface area contributed by atoms with Crippen LogP contribution in [0.15, 0.2) is 36.4 Å². The minimum atomic E-state index is -0.170. The van der Waals surface area contributed by atoms with Gasteiger partial charge in [0.1, 0.15) is 0 Å². The van der Waals surface area contributed by atoms with Gasteiger partial charge in [-0.25, -0.2) is 10.9 Å². The molecule has 2 rings (SSSR count). The van der Waals surface area contributed by atoms with Crippen LogP contribution < -0.4 is 10.9 Å². The summed E-state index contributed by atoms with van der Waals surface area (Å²) in [6.45, 7) is 1.76. The molecule has 3 N–H and O–H groups in total. The Balaban J connectivity index is 0.00000162. The Bertz CT molecular complexity index is 515. The Morgan fingerprint density at radius 3 is 2.53 bits per heavy atom. The predicted molar refractivity (Wildman–Crippen MR) is 80.5 cm³/mol. The van der Waals surface area contributed by atoms with E-state index < -0.39 is 0 Å². The van der Waals surface area contributed by atoms with Gasteiger partial charge in [0, 0.05) is 12.5 Å². The van der Waals surface area contributed by atoms with E-state index >= 15 is 0 Å². The van der Waals surface area contributed by atoms with Gasteiger partial charge in [-0.05, 0) is 5.56 Å². The zero-order chi connectivity index (χ0) is 12.3. The van der Waals surface area contributed by atoms with Gasteiger partial charge in [0.2, 0.25) is 5.91 Å². The van der Waals surface area contributed by atoms with E-state index in [0.29, 0.717) is 12.2 Å². The number of anilines is 1. The summed E-state index contributed by atoms with van der Waals surface area (Å²) < 4.78 is 0. The number of hydrazine groups is 1. The molecular formula is C12H16Cl2N4O. The lowest BCUT2D eigenvalue weighted by molar-refractivity contribution is -0.118. The third kappa shape index (κ3) is 3.96. The zero-order valence-electron chi connectivity index (χ0n) is 10.4. The number of hydrogen-bond acceptors (Lipinski definition) is 3. The van der Waals surface area contributed by atoms with E-state index in [9.17, 15) is 4.79 Å². The van der Waals surface area contributed by atoms with Crippen LogP contribution in [-0.2, 0) is 4.79 Å². The van der Waals surface area contributed by atoms with Crippen molar-refractivity contribution in [1.82, 2.24) is 10.2 Å². The van der Waals surface area contributed by atoms with Crippen molar-refractivity contribution in [1.29, 1.82) is 0 Å². The topological polar surface area (TPSA) is 75.0 Å². The molecule has 104 valence electrons. The second-order valence-electron chi connectivity index (χ2n) is 3.62. The predicted octanol–water partition coefficient (Wildman–Crippen LogP) is 2.54. The summed E-state index contributed by atoms with van der Waals surface area (Å²) in [6, 6.07) is 11.5. The molecule has 0 aliphatic heterocycles. The maximum absolute atomic E-state index is 11.4. The SMILES string of the molecule is CCC(=O)N(N)c1cc(-c2ccccc2)[nH]n1.Cl.Cl. The van der Waals surface area contributed by atoms with Gasteiger partial charge < -0.3 is 0 Å². The maximum Gasteiger partial charge on any atom is 0.242 e. The fourth-order valence-electron chi connectivity index (χ4n) is 1.50. The number of benzene rings is 1. The lowest BCUT2D eigenvalue weighted by atomic mass is 10.1. The van der Waals surface area contributed by atoms with Crippen LogP contribution in [-0.4, -0.2) is 16.1 Å². The number of rotatable bonds is 3. The molecule has 0 aliphatic rings. The number of carbonyl (C=O) groups excluding carboxylic acids is 1. The molecule has 1 aromatic heterocycles. The highest BCUT2D eigenvalue weighted by Gasteiger charge is 2.13. The smallest absolute Gasteiger partial charge is 0.242 e. The number of nitrogens with zero attached hydrogens (tertiary/aromatic N) is 2. The summed E-state index contributed by atoms with van der Waals surface area (Å²) in [4.78, 5) is 11.4. The van der Waals surface area contributed by atoms with Gasteiger partial charge in [0.25, 0.3) is 0 Å². The van der Waals surface area contributed by atoms with Crippen molar-refractivity contribution in [2.24, 2.45) is 5.84 Å². The summed E-state index contributed by atoms with van der Waals surface area (Å²) in [5.41, 5.74) is 1.84. The molecule has 1 aromatic carbocycles. The summed E-state index contributed by atoms with van der Waals surface area (Å²) in [6.07, 6.45) is 0.351. The molecule has 0 radical (unpaired) electrons. The zero-order valence-corrected chi connectivity index (χ0v) is 12.0. The number of halogens is 2. The van der Waals surface area contributed by atoms with Crippen molar-refractivity contribution in [3.8, 4) is 11.3 Å². The van der Waals surface area contributed by atoms with E-state index in [1.54, 1.807) is 13.0 Å². The van der Waals surface area contributed by atoms with Crippen molar-refractivity contribution in [3.05, 3.63) is 36.4 Å². The van der Waals surface area contributed by atoms with E-state index in [-0.39, 0.29) is 30.7 Å². The summed E-state index contributed by atoms with van der Waals surface area (Å²) in [5, 5.41) is 7.93. The number of H-pyrrole nitrogens is 1. The van der Waals surface area contributed by atoms with Crippen LogP contribution in [0, 0.1) is 0 Å². The van der Waals surface area contributed by atoms with Crippen LogP contribution in [0.3, 0.4) is 0 Å². The third-order valence-corrected chi connectivity index (χ3v) is 2.47. The molecule has 1 amide bonds. The largest absolute Gasteiger partial charge is 0.276 e. The normalized spacial score (nSPS) is 9.16. The monoisotopic (exact) mass is 302 g/mol. The Kier molecular flexibility index (Phi) is 7.14. The van der Waals surface area contributed by atoms with Crippen LogP contribution in [0.25, 0.3) is 11.3 Å². The summed E-state index contributed by atoms with van der Waals surface area (Å²) in [7, 11) is 0. The molecule has 0 unspecified atom stereocenters. The quantitative estimate of drug-likeness (QED) is 0.520. The molecule has 2 aromatic rings. The lowest BCUT2D eigenvalue weighted by Crippen LogP contribution is -2.37. The van der Waals surface area contributed by atoms with Crippen molar-refractivity contribution in [2.75, 3.05) is 5.01 Å². The van der Waals surface area contributed by atoms with Gasteiger partial charge in [0.15, 0.2) is 5.82 Å². The molecule has 0 aliphatic carbocycles. The fourth-order valence-corrected chi connectivity index (χ4v) is 1.50. The molecule has 0 spiro atoms. The van der Waals surface area contributed by atoms with Crippen molar-refractivity contribution < 1.29 is 4.79 Å². The molecular weight excluding hydrogens is 287 g/mol. The minimum Gasteiger partial charge on any atom is -0.276 e. The van der Waals surface area contributed by atoms with E-state index in [1.807, 2.05) is 30.3 Å². The minimum absolute atomic E-state index is 0. The van der Waals surface area contributed by atoms with Gasteiger partial charge in [0.05, 0.1) is 5.69 Å². The Morgan fingerprint density at radius 2 is 1.95 bits per heavy atom. The molecule has 0 bridgehead atoms. The highest BCUT2D eigenvalue weighted by atomic mass is 35.5. The fraction of sp³-hybridized carbons (Fsp3) is 0.167. The number of amides is 1. The molecule has 0 saturated carbocycles. The van der Waals surface area contributed by atoms with Crippen LogP contribution in [0.5, 0.6) is 0 Å². The number of carbonyl (C=O) groups is 1. The van der Waals surface area contributed by atoms with Gasteiger partial charge >= 0.3 is 0 Å². The number of aromatic nitrogens is 2. The number of nitrogens with one attached hydrogen (secondary N) is 1. The van der Waals surface area contributed by atoms with E-state index in [1.165, 1.54) is 0 Å². The second kappa shape index (κ2) is 7.78. The maximum atomic E-state index is 11.4. The Hall–Kier alpha value is -1.56. The molecule has 0 saturated heterocycles. The first-order chi connectivity index (χ1) is 8.22. The first kappa shape index (κ1) is 17.4. The average Bonchev–Trinajstić information content (AvgIpc) is 2.87. The van der Waals surface area contributed by atoms with E-state index in [2.05, 4.69) is 10.2 Å². The van der Waals surface area contributed by atoms with Gasteiger partial charge in [-0.2, -0.15) is 5.10 Å². The molecule has 0 atom stereocenters. The van der Waals surface area contributed by atoms with Crippen LogP contribution >= 0.6 is 24.8 Å². The molecule has 5 nitrogen and oxygen atoms in total. The number of aromatic amines is 1. The molecule has 0 fully saturated rings. The van der Waals surface area contributed by atoms with Crippen molar-refractivity contribution in [2.45, 2.75) is 13.3 Å². The van der Waals surface area contributed by atoms with E-state index in [4.69, 9.17) is 5.84 Å².